The highest BCUT2D eigenvalue weighted by Gasteiger charge is 2.30. The van der Waals surface area contributed by atoms with Crippen molar-refractivity contribution in [3.8, 4) is 0 Å². The van der Waals surface area contributed by atoms with E-state index in [1.54, 1.807) is 6.07 Å². The number of nitrogens with zero attached hydrogens (tertiary/aromatic N) is 3. The molecule has 0 bridgehead atoms. The molecule has 2 aliphatic rings. The third kappa shape index (κ3) is 5.46. The predicted molar refractivity (Wildman–Crippen MR) is 131 cm³/mol. The summed E-state index contributed by atoms with van der Waals surface area (Å²) in [6.45, 7) is 2.37. The molecule has 184 valence electrons. The van der Waals surface area contributed by atoms with Gasteiger partial charge in [-0.15, -0.1) is 0 Å². The Morgan fingerprint density at radius 1 is 1.09 bits per heavy atom. The van der Waals surface area contributed by atoms with Gasteiger partial charge in [-0.1, -0.05) is 11.6 Å². The molecule has 2 amide bonds. The average molecular weight is 500 g/mol. The van der Waals surface area contributed by atoms with Crippen molar-refractivity contribution < 1.29 is 18.4 Å². The van der Waals surface area contributed by atoms with E-state index in [1.165, 1.54) is 44.3 Å². The molecule has 3 aromatic heterocycles. The van der Waals surface area contributed by atoms with Crippen LogP contribution in [0.15, 0.2) is 34.9 Å². The van der Waals surface area contributed by atoms with E-state index in [0.29, 0.717) is 17.5 Å². The van der Waals surface area contributed by atoms with E-state index in [4.69, 9.17) is 16.0 Å². The monoisotopic (exact) mass is 499 g/mol. The number of anilines is 2. The van der Waals surface area contributed by atoms with Gasteiger partial charge in [0.05, 0.1) is 5.02 Å². The molecule has 0 aromatic carbocycles. The van der Waals surface area contributed by atoms with Gasteiger partial charge in [-0.3, -0.25) is 9.59 Å². The van der Waals surface area contributed by atoms with Gasteiger partial charge in [0.25, 0.3) is 5.91 Å². The Labute approximate surface area is 207 Å². The second kappa shape index (κ2) is 10.3. The lowest BCUT2D eigenvalue weighted by atomic mass is 9.83. The Hall–Kier alpha value is -3.04. The van der Waals surface area contributed by atoms with Crippen LogP contribution in [0.2, 0.25) is 5.02 Å². The molecule has 1 saturated heterocycles. The van der Waals surface area contributed by atoms with Gasteiger partial charge in [-0.2, -0.15) is 4.39 Å². The zero-order valence-electron chi connectivity index (χ0n) is 19.2. The summed E-state index contributed by atoms with van der Waals surface area (Å²) in [5, 5.41) is 5.81. The van der Waals surface area contributed by atoms with Crippen LogP contribution in [-0.2, 0) is 4.79 Å². The summed E-state index contributed by atoms with van der Waals surface area (Å²) in [5.41, 5.74) is 0.342. The van der Waals surface area contributed by atoms with E-state index in [-0.39, 0.29) is 40.2 Å². The van der Waals surface area contributed by atoms with Crippen molar-refractivity contribution >= 4 is 46.0 Å². The van der Waals surface area contributed by atoms with Crippen LogP contribution in [0, 0.1) is 11.9 Å². The molecule has 3 aromatic rings. The Balaban J connectivity index is 1.29. The highest BCUT2D eigenvalue weighted by molar-refractivity contribution is 6.30. The van der Waals surface area contributed by atoms with Crippen molar-refractivity contribution in [1.29, 1.82) is 0 Å². The SMILES string of the molecule is O=C(CC1CCC(N2CCCC2)CC1)Nc1c(C(=O)Nc2ccc(Cl)cn2)oc2ccc(F)nc12. The summed E-state index contributed by atoms with van der Waals surface area (Å²) in [5.74, 6) is -1.26. The Bertz CT molecular complexity index is 1220. The number of amides is 2. The first kappa shape index (κ1) is 23.7. The zero-order chi connectivity index (χ0) is 24.4. The number of nitrogens with one attached hydrogen (secondary N) is 2. The molecule has 0 spiro atoms. The minimum atomic E-state index is -0.736. The number of pyridine rings is 2. The quantitative estimate of drug-likeness (QED) is 0.449. The number of halogens is 2. The summed E-state index contributed by atoms with van der Waals surface area (Å²) in [6.07, 6.45) is 8.45. The van der Waals surface area contributed by atoms with E-state index < -0.39 is 11.9 Å². The summed E-state index contributed by atoms with van der Waals surface area (Å²) in [4.78, 5) is 36.4. The van der Waals surface area contributed by atoms with Gasteiger partial charge in [0.15, 0.2) is 5.58 Å². The molecule has 1 aliphatic carbocycles. The van der Waals surface area contributed by atoms with Gasteiger partial charge in [0, 0.05) is 18.7 Å². The molecular formula is C25H27ClFN5O3. The van der Waals surface area contributed by atoms with Crippen LogP contribution >= 0.6 is 11.6 Å². The van der Waals surface area contributed by atoms with E-state index in [0.717, 1.165) is 31.7 Å². The average Bonchev–Trinajstić information content (AvgIpc) is 3.50. The molecule has 0 unspecified atom stereocenters. The predicted octanol–water partition coefficient (Wildman–Crippen LogP) is 5.25. The number of carbonyl (C=O) groups excluding carboxylic acids is 2. The number of furan rings is 1. The van der Waals surface area contributed by atoms with Crippen LogP contribution in [0.5, 0.6) is 0 Å². The van der Waals surface area contributed by atoms with Crippen molar-refractivity contribution in [1.82, 2.24) is 14.9 Å². The topological polar surface area (TPSA) is 100 Å². The fourth-order valence-electron chi connectivity index (χ4n) is 5.12. The first-order chi connectivity index (χ1) is 17.0. The number of aromatic nitrogens is 2. The van der Waals surface area contributed by atoms with Crippen LogP contribution in [-0.4, -0.2) is 45.8 Å². The summed E-state index contributed by atoms with van der Waals surface area (Å²) >= 11 is 5.85. The Morgan fingerprint density at radius 3 is 2.57 bits per heavy atom. The molecule has 2 N–H and O–H groups in total. The van der Waals surface area contributed by atoms with Gasteiger partial charge in [-0.25, -0.2) is 9.97 Å². The number of hydrogen-bond acceptors (Lipinski definition) is 6. The second-order valence-electron chi connectivity index (χ2n) is 9.27. The Morgan fingerprint density at radius 2 is 1.86 bits per heavy atom. The highest BCUT2D eigenvalue weighted by atomic mass is 35.5. The van der Waals surface area contributed by atoms with Crippen LogP contribution < -0.4 is 10.6 Å². The number of rotatable bonds is 6. The maximum atomic E-state index is 13.9. The molecule has 10 heteroatoms. The van der Waals surface area contributed by atoms with Gasteiger partial charge in [0.2, 0.25) is 17.6 Å². The largest absolute Gasteiger partial charge is 0.447 e. The third-order valence-electron chi connectivity index (χ3n) is 6.89. The van der Waals surface area contributed by atoms with E-state index in [2.05, 4.69) is 25.5 Å². The second-order valence-corrected chi connectivity index (χ2v) is 9.71. The summed E-state index contributed by atoms with van der Waals surface area (Å²) in [6, 6.07) is 6.26. The van der Waals surface area contributed by atoms with Crippen molar-refractivity contribution in [3.05, 3.63) is 47.2 Å². The van der Waals surface area contributed by atoms with E-state index in [9.17, 15) is 14.0 Å². The van der Waals surface area contributed by atoms with Crippen LogP contribution in [0.1, 0.15) is 55.5 Å². The minimum absolute atomic E-state index is 0.0571. The minimum Gasteiger partial charge on any atom is -0.447 e. The molecular weight excluding hydrogens is 473 g/mol. The lowest BCUT2D eigenvalue weighted by Crippen LogP contribution is -2.36. The van der Waals surface area contributed by atoms with Crippen LogP contribution in [0.4, 0.5) is 15.9 Å². The zero-order valence-corrected chi connectivity index (χ0v) is 20.0. The molecule has 2 fully saturated rings. The number of fused-ring (bicyclic) bond motifs is 1. The first-order valence-corrected chi connectivity index (χ1v) is 12.4. The molecule has 1 saturated carbocycles. The molecule has 4 heterocycles. The summed E-state index contributed by atoms with van der Waals surface area (Å²) in [7, 11) is 0. The maximum Gasteiger partial charge on any atom is 0.294 e. The van der Waals surface area contributed by atoms with Crippen molar-refractivity contribution in [3.63, 3.8) is 0 Å². The lowest BCUT2D eigenvalue weighted by molar-refractivity contribution is -0.117. The normalized spacial score (nSPS) is 20.7. The van der Waals surface area contributed by atoms with Crippen LogP contribution in [0.25, 0.3) is 11.1 Å². The van der Waals surface area contributed by atoms with Gasteiger partial charge >= 0.3 is 0 Å². The van der Waals surface area contributed by atoms with Gasteiger partial charge < -0.3 is 20.0 Å². The van der Waals surface area contributed by atoms with E-state index >= 15 is 0 Å². The molecule has 0 atom stereocenters. The maximum absolute atomic E-state index is 13.9. The van der Waals surface area contributed by atoms with Crippen molar-refractivity contribution in [2.24, 2.45) is 5.92 Å². The van der Waals surface area contributed by atoms with Gasteiger partial charge in [0.1, 0.15) is 17.0 Å². The summed E-state index contributed by atoms with van der Waals surface area (Å²) < 4.78 is 19.6. The van der Waals surface area contributed by atoms with Crippen LogP contribution in [0.3, 0.4) is 0 Å². The number of carbonyl (C=O) groups is 2. The van der Waals surface area contributed by atoms with Gasteiger partial charge in [-0.05, 0) is 81.8 Å². The molecule has 1 aliphatic heterocycles. The molecule has 5 rings (SSSR count). The third-order valence-corrected chi connectivity index (χ3v) is 7.11. The molecule has 8 nitrogen and oxygen atoms in total. The standard InChI is InChI=1S/C25H27ClFN5O3/c26-16-5-10-20(28-14-16)30-25(34)24-23(22-18(35-24)8-9-19(27)29-22)31-21(33)13-15-3-6-17(7-4-15)32-11-1-2-12-32/h5,8-10,14-15,17H,1-4,6-7,11-13H2,(H,31,33)(H,28,30,34). The molecule has 0 radical (unpaired) electrons. The molecule has 35 heavy (non-hydrogen) atoms. The van der Waals surface area contributed by atoms with E-state index in [1.807, 2.05) is 0 Å². The van der Waals surface area contributed by atoms with Crippen molar-refractivity contribution in [2.75, 3.05) is 23.7 Å². The fourth-order valence-corrected chi connectivity index (χ4v) is 5.24. The number of likely N-dealkylation sites (tertiary alicyclic amines) is 1. The first-order valence-electron chi connectivity index (χ1n) is 12.0. The number of hydrogen-bond donors (Lipinski definition) is 2. The Kier molecular flexibility index (Phi) is 6.97. The fraction of sp³-hybridized carbons (Fsp3) is 0.440. The van der Waals surface area contributed by atoms with Crippen molar-refractivity contribution in [2.45, 2.75) is 51.0 Å². The highest BCUT2D eigenvalue weighted by Crippen LogP contribution is 2.33. The lowest BCUT2D eigenvalue weighted by Gasteiger charge is -2.34. The smallest absolute Gasteiger partial charge is 0.294 e.